The van der Waals surface area contributed by atoms with Crippen LogP contribution in [-0.2, 0) is 24.1 Å². The molecule has 244 valence electrons. The maximum absolute atomic E-state index is 15.6. The summed E-state index contributed by atoms with van der Waals surface area (Å²) >= 11 is 0. The molecule has 1 aromatic heterocycles. The zero-order chi connectivity index (χ0) is 33.8. The average Bonchev–Trinajstić information content (AvgIpc) is 3.00. The summed E-state index contributed by atoms with van der Waals surface area (Å²) in [6.07, 6.45) is -5.46. The molecule has 47 heavy (non-hydrogen) atoms. The van der Waals surface area contributed by atoms with Crippen LogP contribution in [0.3, 0.4) is 0 Å². The Morgan fingerprint density at radius 2 is 1.66 bits per heavy atom. The molecule has 3 aromatic carbocycles. The van der Waals surface area contributed by atoms with Gasteiger partial charge in [-0.1, -0.05) is 48.5 Å². The number of carboxylic acid groups (broad SMARTS) is 1. The van der Waals surface area contributed by atoms with Crippen molar-refractivity contribution in [2.24, 2.45) is 0 Å². The topological polar surface area (TPSA) is 117 Å². The van der Waals surface area contributed by atoms with Crippen molar-refractivity contribution in [2.75, 3.05) is 13.7 Å². The van der Waals surface area contributed by atoms with Crippen molar-refractivity contribution >= 4 is 5.97 Å². The summed E-state index contributed by atoms with van der Waals surface area (Å²) in [5, 5.41) is 22.6. The van der Waals surface area contributed by atoms with E-state index in [9.17, 15) is 42.3 Å². The molecular weight excluding hydrogens is 640 g/mol. The standard InChI is InChI=1S/C32H30F5N3O6.Na/c1-19-28(21-11-6-14-26(46-2)29(21)34)30(43)39(18-25(20-9-4-3-5-10-20)40(45)16-8-15-27(41)42)31(44)38(19)17-22-23(32(35,36)37)12-7-13-24(22)33;/h3-7,9-14,25,45H,8,15-18H2,1-2H3,(H,41,42);/q;+1/p-1/t25-;/m0./s1. The first-order valence-electron chi connectivity index (χ1n) is 14.0. The number of hydrogen-bond acceptors (Lipinski definition) is 7. The number of carbonyl (C=O) groups is 1. The molecule has 0 aliphatic rings. The summed E-state index contributed by atoms with van der Waals surface area (Å²) in [6, 6.07) is 13.1. The van der Waals surface area contributed by atoms with Crippen LogP contribution in [0, 0.1) is 18.6 Å². The Labute approximate surface area is 287 Å². The second-order valence-corrected chi connectivity index (χ2v) is 10.4. The van der Waals surface area contributed by atoms with E-state index in [0.717, 1.165) is 21.8 Å². The van der Waals surface area contributed by atoms with E-state index in [1.165, 1.54) is 32.2 Å². The number of ether oxygens (including phenoxy) is 1. The summed E-state index contributed by atoms with van der Waals surface area (Å²) in [4.78, 5) is 39.0. The predicted molar refractivity (Wildman–Crippen MR) is 154 cm³/mol. The zero-order valence-corrected chi connectivity index (χ0v) is 27.7. The van der Waals surface area contributed by atoms with E-state index < -0.39 is 77.3 Å². The number of nitrogens with zero attached hydrogens (tertiary/aromatic N) is 3. The number of carbonyl (C=O) groups excluding carboxylic acids is 1. The number of benzene rings is 3. The quantitative estimate of drug-likeness (QED) is 0.137. The molecule has 0 aliphatic heterocycles. The molecule has 4 rings (SSSR count). The van der Waals surface area contributed by atoms with Crippen molar-refractivity contribution in [2.45, 2.75) is 45.1 Å². The Balaban J connectivity index is 0.00000600. The molecule has 0 unspecified atom stereocenters. The van der Waals surface area contributed by atoms with Crippen LogP contribution in [0.4, 0.5) is 22.0 Å². The largest absolute Gasteiger partial charge is 1.00 e. The maximum Gasteiger partial charge on any atom is 1.00 e. The number of halogens is 5. The maximum atomic E-state index is 15.6. The molecule has 0 saturated heterocycles. The molecule has 0 saturated carbocycles. The first kappa shape index (κ1) is 37.6. The minimum atomic E-state index is -4.99. The van der Waals surface area contributed by atoms with Gasteiger partial charge in [0.25, 0.3) is 5.56 Å². The van der Waals surface area contributed by atoms with Gasteiger partial charge in [-0.15, -0.1) is 0 Å². The van der Waals surface area contributed by atoms with Gasteiger partial charge < -0.3 is 19.8 Å². The van der Waals surface area contributed by atoms with Gasteiger partial charge in [-0.05, 0) is 43.5 Å². The van der Waals surface area contributed by atoms with E-state index in [4.69, 9.17) is 4.74 Å². The third-order valence-corrected chi connectivity index (χ3v) is 7.55. The van der Waals surface area contributed by atoms with Crippen LogP contribution < -0.4 is 50.6 Å². The Morgan fingerprint density at radius 3 is 2.28 bits per heavy atom. The third kappa shape index (κ3) is 8.37. The van der Waals surface area contributed by atoms with Crippen LogP contribution >= 0.6 is 0 Å². The number of alkyl halides is 3. The summed E-state index contributed by atoms with van der Waals surface area (Å²) in [5.74, 6) is -3.87. The number of rotatable bonds is 12. The summed E-state index contributed by atoms with van der Waals surface area (Å²) in [6.45, 7) is -0.590. The summed E-state index contributed by atoms with van der Waals surface area (Å²) in [7, 11) is 1.19. The van der Waals surface area contributed by atoms with Gasteiger partial charge >= 0.3 is 41.4 Å². The number of aliphatic carboxylic acids is 1. The number of hydrogen-bond donors (Lipinski definition) is 1. The van der Waals surface area contributed by atoms with Gasteiger partial charge in [-0.2, -0.15) is 18.2 Å². The molecule has 1 heterocycles. The monoisotopic (exact) mass is 669 g/mol. The van der Waals surface area contributed by atoms with Gasteiger partial charge in [0.15, 0.2) is 11.6 Å². The predicted octanol–water partition coefficient (Wildman–Crippen LogP) is 1.31. The van der Waals surface area contributed by atoms with E-state index in [-0.39, 0.29) is 59.5 Å². The first-order chi connectivity index (χ1) is 21.8. The van der Waals surface area contributed by atoms with Gasteiger partial charge in [0.1, 0.15) is 5.82 Å². The van der Waals surface area contributed by atoms with Crippen molar-refractivity contribution in [3.8, 4) is 16.9 Å². The van der Waals surface area contributed by atoms with Crippen LogP contribution in [0.25, 0.3) is 11.1 Å². The van der Waals surface area contributed by atoms with Crippen molar-refractivity contribution < 1.29 is 71.4 Å². The number of aromatic nitrogens is 2. The molecule has 0 aliphatic carbocycles. The Morgan fingerprint density at radius 1 is 1.00 bits per heavy atom. The normalized spacial score (nSPS) is 12.1. The van der Waals surface area contributed by atoms with E-state index in [1.807, 2.05) is 0 Å². The summed E-state index contributed by atoms with van der Waals surface area (Å²) in [5.41, 5.74) is -5.03. The van der Waals surface area contributed by atoms with E-state index >= 15 is 4.39 Å². The molecule has 1 atom stereocenters. The molecule has 0 bridgehead atoms. The van der Waals surface area contributed by atoms with Crippen LogP contribution in [0.5, 0.6) is 5.75 Å². The smallest absolute Gasteiger partial charge is 0.550 e. The van der Waals surface area contributed by atoms with E-state index in [2.05, 4.69) is 0 Å². The van der Waals surface area contributed by atoms with Crippen LogP contribution in [0.2, 0.25) is 0 Å². The molecule has 0 amide bonds. The fraction of sp³-hybridized carbons (Fsp3) is 0.281. The van der Waals surface area contributed by atoms with Gasteiger partial charge in [0.2, 0.25) is 0 Å². The fourth-order valence-electron chi connectivity index (χ4n) is 5.22. The van der Waals surface area contributed by atoms with Crippen LogP contribution in [-0.4, -0.2) is 39.0 Å². The van der Waals surface area contributed by atoms with Gasteiger partial charge in [0, 0.05) is 29.3 Å². The average molecular weight is 670 g/mol. The van der Waals surface area contributed by atoms with Crippen molar-refractivity contribution in [1.82, 2.24) is 14.2 Å². The van der Waals surface area contributed by atoms with Gasteiger partial charge in [-0.25, -0.2) is 13.6 Å². The second-order valence-electron chi connectivity index (χ2n) is 10.4. The molecule has 1 N–H and O–H groups in total. The van der Waals surface area contributed by atoms with Crippen molar-refractivity contribution in [3.63, 3.8) is 0 Å². The molecule has 15 heteroatoms. The fourth-order valence-corrected chi connectivity index (χ4v) is 5.22. The number of methoxy groups -OCH3 is 1. The zero-order valence-electron chi connectivity index (χ0n) is 25.7. The molecule has 9 nitrogen and oxygen atoms in total. The molecular formula is C32H29F5N3NaO6. The molecule has 4 aromatic rings. The van der Waals surface area contributed by atoms with Gasteiger partial charge in [-0.3, -0.25) is 13.9 Å². The number of hydroxylamine groups is 2. The molecule has 0 spiro atoms. The first-order valence-corrected chi connectivity index (χ1v) is 14.0. The van der Waals surface area contributed by atoms with Crippen LogP contribution in [0.1, 0.15) is 41.3 Å². The third-order valence-electron chi connectivity index (χ3n) is 7.55. The molecule has 0 radical (unpaired) electrons. The van der Waals surface area contributed by atoms with E-state index in [1.54, 1.807) is 30.3 Å². The number of carboxylic acids is 1. The van der Waals surface area contributed by atoms with Crippen molar-refractivity contribution in [3.05, 3.63) is 122 Å². The second kappa shape index (κ2) is 15.8. The Hall–Kier alpha value is -3.82. The summed E-state index contributed by atoms with van der Waals surface area (Å²) < 4.78 is 78.7. The SMILES string of the molecule is COc1cccc(-c2c(C)n(Cc3c(F)cccc3C(F)(F)F)c(=O)n(C[C@@H](c3ccccc3)N(O)CCCC(=O)[O-])c2=O)c1F.[Na+]. The minimum Gasteiger partial charge on any atom is -0.550 e. The molecule has 0 fully saturated rings. The Bertz CT molecular complexity index is 1850. The Kier molecular flexibility index (Phi) is 12.7. The van der Waals surface area contributed by atoms with E-state index in [0.29, 0.717) is 16.2 Å². The van der Waals surface area contributed by atoms with Crippen molar-refractivity contribution in [1.29, 1.82) is 0 Å². The van der Waals surface area contributed by atoms with Gasteiger partial charge in [0.05, 0.1) is 37.4 Å². The minimum absolute atomic E-state index is 0. The van der Waals surface area contributed by atoms with Crippen LogP contribution in [0.15, 0.2) is 76.3 Å².